The third kappa shape index (κ3) is 3.24. The first kappa shape index (κ1) is 20.5. The van der Waals surface area contributed by atoms with E-state index in [-0.39, 0.29) is 6.79 Å². The summed E-state index contributed by atoms with van der Waals surface area (Å²) in [4.78, 5) is 13.2. The molecule has 0 aliphatic carbocycles. The normalized spacial score (nSPS) is 12.4. The molecule has 0 unspecified atom stereocenters. The van der Waals surface area contributed by atoms with Crippen LogP contribution >= 0.6 is 11.7 Å². The molecule has 0 amide bonds. The van der Waals surface area contributed by atoms with Crippen molar-refractivity contribution in [3.63, 3.8) is 0 Å². The van der Waals surface area contributed by atoms with Gasteiger partial charge in [-0.15, -0.1) is 0 Å². The molecule has 5 aromatic rings. The van der Waals surface area contributed by atoms with E-state index in [0.717, 1.165) is 38.6 Å². The van der Waals surface area contributed by atoms with Crippen LogP contribution in [0, 0.1) is 0 Å². The molecule has 9 heteroatoms. The average molecular weight is 474 g/mol. The highest BCUT2D eigenvalue weighted by atomic mass is 32.1. The molecule has 0 radical (unpaired) electrons. The van der Waals surface area contributed by atoms with E-state index in [4.69, 9.17) is 18.9 Å². The standard InChI is InChI=1S/C25H19N3O5S/c1-30-16-5-7-20-17(11-16)23(15-4-8-21-22(10-15)33-13-32-21)24(25(29)31-2)28(20)12-14-3-6-18-19(9-14)27-34-26-18/h3-11H,12-13H2,1-2H3. The second kappa shape index (κ2) is 8.03. The number of carbonyl (C=O) groups excluding carboxylic acids is 1. The fourth-order valence-electron chi connectivity index (χ4n) is 4.39. The molecule has 0 saturated heterocycles. The summed E-state index contributed by atoms with van der Waals surface area (Å²) >= 11 is 1.18. The molecular weight excluding hydrogens is 454 g/mol. The summed E-state index contributed by atoms with van der Waals surface area (Å²) in [6.07, 6.45) is 0. The summed E-state index contributed by atoms with van der Waals surface area (Å²) < 4.78 is 32.4. The van der Waals surface area contributed by atoms with Gasteiger partial charge in [0.15, 0.2) is 11.5 Å². The van der Waals surface area contributed by atoms with Crippen molar-refractivity contribution in [2.75, 3.05) is 21.0 Å². The Labute approximate surface area is 198 Å². The summed E-state index contributed by atoms with van der Waals surface area (Å²) in [6.45, 7) is 0.622. The first-order chi connectivity index (χ1) is 16.7. The fraction of sp³-hybridized carbons (Fsp3) is 0.160. The smallest absolute Gasteiger partial charge is 0.355 e. The van der Waals surface area contributed by atoms with Gasteiger partial charge in [-0.25, -0.2) is 4.79 Å². The van der Waals surface area contributed by atoms with Crippen molar-refractivity contribution >= 4 is 39.6 Å². The zero-order chi connectivity index (χ0) is 23.2. The van der Waals surface area contributed by atoms with Gasteiger partial charge in [0.2, 0.25) is 6.79 Å². The number of ether oxygens (including phenoxy) is 4. The summed E-state index contributed by atoms with van der Waals surface area (Å²) in [5.41, 5.74) is 5.57. The molecule has 1 aliphatic rings. The number of aromatic nitrogens is 3. The third-order valence-electron chi connectivity index (χ3n) is 5.97. The van der Waals surface area contributed by atoms with Crippen molar-refractivity contribution < 1.29 is 23.7 Å². The molecule has 0 spiro atoms. The van der Waals surface area contributed by atoms with E-state index < -0.39 is 5.97 Å². The van der Waals surface area contributed by atoms with Crippen LogP contribution < -0.4 is 14.2 Å². The fourth-order valence-corrected chi connectivity index (χ4v) is 4.90. The van der Waals surface area contributed by atoms with Crippen LogP contribution in [-0.4, -0.2) is 40.3 Å². The number of methoxy groups -OCH3 is 2. The van der Waals surface area contributed by atoms with E-state index in [0.29, 0.717) is 29.5 Å². The molecular formula is C25H19N3O5S. The van der Waals surface area contributed by atoms with Crippen molar-refractivity contribution in [3.05, 3.63) is 65.9 Å². The Morgan fingerprint density at radius 1 is 1.00 bits per heavy atom. The lowest BCUT2D eigenvalue weighted by atomic mass is 10.0. The Balaban J connectivity index is 1.61. The maximum absolute atomic E-state index is 13.2. The van der Waals surface area contributed by atoms with E-state index >= 15 is 0 Å². The van der Waals surface area contributed by atoms with E-state index in [1.54, 1.807) is 7.11 Å². The average Bonchev–Trinajstić information content (AvgIpc) is 3.60. The molecule has 0 N–H and O–H groups in total. The number of hydrogen-bond acceptors (Lipinski definition) is 8. The van der Waals surface area contributed by atoms with Crippen molar-refractivity contribution in [3.8, 4) is 28.4 Å². The van der Waals surface area contributed by atoms with Gasteiger partial charge in [-0.1, -0.05) is 12.1 Å². The zero-order valence-electron chi connectivity index (χ0n) is 18.4. The van der Waals surface area contributed by atoms with Gasteiger partial charge in [0.05, 0.1) is 25.9 Å². The summed E-state index contributed by atoms with van der Waals surface area (Å²) in [6, 6.07) is 17.4. The molecule has 2 aromatic heterocycles. The van der Waals surface area contributed by atoms with Gasteiger partial charge < -0.3 is 23.5 Å². The third-order valence-corrected chi connectivity index (χ3v) is 6.53. The Morgan fingerprint density at radius 3 is 2.71 bits per heavy atom. The predicted octanol–water partition coefficient (Wildman–Crippen LogP) is 4.89. The number of esters is 1. The minimum Gasteiger partial charge on any atom is -0.497 e. The van der Waals surface area contributed by atoms with Crippen LogP contribution in [0.3, 0.4) is 0 Å². The minimum absolute atomic E-state index is 0.173. The Morgan fingerprint density at radius 2 is 1.85 bits per heavy atom. The van der Waals surface area contributed by atoms with Gasteiger partial charge in [-0.05, 0) is 53.6 Å². The van der Waals surface area contributed by atoms with Crippen LogP contribution in [0.15, 0.2) is 54.6 Å². The van der Waals surface area contributed by atoms with Crippen molar-refractivity contribution in [1.29, 1.82) is 0 Å². The lowest BCUT2D eigenvalue weighted by molar-refractivity contribution is 0.0590. The maximum atomic E-state index is 13.2. The van der Waals surface area contributed by atoms with Gasteiger partial charge in [-0.3, -0.25) is 0 Å². The van der Waals surface area contributed by atoms with Gasteiger partial charge in [-0.2, -0.15) is 8.75 Å². The van der Waals surface area contributed by atoms with Crippen molar-refractivity contribution in [2.24, 2.45) is 0 Å². The highest BCUT2D eigenvalue weighted by Gasteiger charge is 2.27. The van der Waals surface area contributed by atoms with Crippen LogP contribution in [0.4, 0.5) is 0 Å². The van der Waals surface area contributed by atoms with Crippen LogP contribution in [0.2, 0.25) is 0 Å². The first-order valence-electron chi connectivity index (χ1n) is 10.6. The summed E-state index contributed by atoms with van der Waals surface area (Å²) in [5.74, 6) is 1.57. The highest BCUT2D eigenvalue weighted by Crippen LogP contribution is 2.42. The van der Waals surface area contributed by atoms with Gasteiger partial charge in [0, 0.05) is 23.0 Å². The lowest BCUT2D eigenvalue weighted by Crippen LogP contribution is -2.12. The lowest BCUT2D eigenvalue weighted by Gasteiger charge is -2.11. The quantitative estimate of drug-likeness (QED) is 0.336. The number of benzene rings is 3. The van der Waals surface area contributed by atoms with Gasteiger partial charge >= 0.3 is 5.97 Å². The molecule has 6 rings (SSSR count). The molecule has 0 bridgehead atoms. The molecule has 34 heavy (non-hydrogen) atoms. The summed E-state index contributed by atoms with van der Waals surface area (Å²) in [5, 5.41) is 0.870. The van der Waals surface area contributed by atoms with Crippen LogP contribution in [-0.2, 0) is 11.3 Å². The van der Waals surface area contributed by atoms with Crippen molar-refractivity contribution in [2.45, 2.75) is 6.54 Å². The second-order valence-corrected chi connectivity index (χ2v) is 8.37. The highest BCUT2D eigenvalue weighted by molar-refractivity contribution is 7.00. The van der Waals surface area contributed by atoms with E-state index in [1.807, 2.05) is 59.2 Å². The van der Waals surface area contributed by atoms with Crippen LogP contribution in [0.5, 0.6) is 17.2 Å². The number of hydrogen-bond donors (Lipinski definition) is 0. The maximum Gasteiger partial charge on any atom is 0.355 e. The van der Waals surface area contributed by atoms with Crippen LogP contribution in [0.25, 0.3) is 33.1 Å². The molecule has 0 saturated carbocycles. The Hall–Kier alpha value is -4.11. The topological polar surface area (TPSA) is 84.7 Å². The monoisotopic (exact) mass is 473 g/mol. The van der Waals surface area contributed by atoms with E-state index in [9.17, 15) is 4.79 Å². The molecule has 0 atom stereocenters. The molecule has 1 aliphatic heterocycles. The Kier molecular flexibility index (Phi) is 4.84. The minimum atomic E-state index is -0.431. The first-order valence-corrected chi connectivity index (χ1v) is 11.3. The van der Waals surface area contributed by atoms with Crippen LogP contribution in [0.1, 0.15) is 16.1 Å². The number of nitrogens with zero attached hydrogens (tertiary/aromatic N) is 3. The van der Waals surface area contributed by atoms with Crippen molar-refractivity contribution in [1.82, 2.24) is 13.3 Å². The SMILES string of the molecule is COC(=O)c1c(-c2ccc3c(c2)OCO3)c2cc(OC)ccc2n1Cc1ccc2nsnc2c1. The van der Waals surface area contributed by atoms with Gasteiger partial charge in [0.25, 0.3) is 0 Å². The molecule has 8 nitrogen and oxygen atoms in total. The molecule has 0 fully saturated rings. The zero-order valence-corrected chi connectivity index (χ0v) is 19.2. The van der Waals surface area contributed by atoms with E-state index in [2.05, 4.69) is 8.75 Å². The molecule has 3 heterocycles. The Bertz CT molecular complexity index is 1570. The molecule has 3 aromatic carbocycles. The number of fused-ring (bicyclic) bond motifs is 3. The number of rotatable bonds is 5. The predicted molar refractivity (Wildman–Crippen MR) is 128 cm³/mol. The largest absolute Gasteiger partial charge is 0.497 e. The van der Waals surface area contributed by atoms with E-state index in [1.165, 1.54) is 18.8 Å². The number of carbonyl (C=O) groups is 1. The second-order valence-electron chi connectivity index (χ2n) is 7.84. The van der Waals surface area contributed by atoms with Gasteiger partial charge in [0.1, 0.15) is 22.5 Å². The molecule has 170 valence electrons. The summed E-state index contributed by atoms with van der Waals surface area (Å²) in [7, 11) is 3.01.